The molecule has 0 bridgehead atoms. The predicted molar refractivity (Wildman–Crippen MR) is 49.9 cm³/mol. The van der Waals surface area contributed by atoms with Crippen molar-refractivity contribution >= 4 is 0 Å². The Labute approximate surface area is 87.2 Å². The summed E-state index contributed by atoms with van der Waals surface area (Å²) >= 11 is 0. The Morgan fingerprint density at radius 2 is 0.909 bits per heavy atom. The monoisotopic (exact) mass is 341 g/mol. The SMILES string of the molecule is CN(C)CCN(C)C.[CH3-].[CH3-].[Pt+2]. The molecule has 0 aromatic rings. The summed E-state index contributed by atoms with van der Waals surface area (Å²) in [4.78, 5) is 4.36. The van der Waals surface area contributed by atoms with Crippen LogP contribution < -0.4 is 0 Å². The topological polar surface area (TPSA) is 6.48 Å². The quantitative estimate of drug-likeness (QED) is 0.707. The van der Waals surface area contributed by atoms with E-state index in [2.05, 4.69) is 38.0 Å². The summed E-state index contributed by atoms with van der Waals surface area (Å²) in [5.74, 6) is 0. The van der Waals surface area contributed by atoms with Crippen LogP contribution in [0.5, 0.6) is 0 Å². The van der Waals surface area contributed by atoms with Gasteiger partial charge >= 0.3 is 21.1 Å². The van der Waals surface area contributed by atoms with Crippen LogP contribution in [-0.2, 0) is 21.1 Å². The summed E-state index contributed by atoms with van der Waals surface area (Å²) in [6, 6.07) is 0. The molecule has 0 spiro atoms. The van der Waals surface area contributed by atoms with Crippen LogP contribution >= 0.6 is 0 Å². The summed E-state index contributed by atoms with van der Waals surface area (Å²) < 4.78 is 0. The van der Waals surface area contributed by atoms with E-state index in [-0.39, 0.29) is 35.9 Å². The molecule has 11 heavy (non-hydrogen) atoms. The Balaban J connectivity index is -0.0000000817. The van der Waals surface area contributed by atoms with Crippen molar-refractivity contribution in [3.05, 3.63) is 14.9 Å². The maximum Gasteiger partial charge on any atom is 2.00 e. The molecule has 2 nitrogen and oxygen atoms in total. The zero-order chi connectivity index (χ0) is 6.57. The molecule has 0 heterocycles. The van der Waals surface area contributed by atoms with Crippen LogP contribution in [0.4, 0.5) is 0 Å². The van der Waals surface area contributed by atoms with Gasteiger partial charge in [0.2, 0.25) is 0 Å². The van der Waals surface area contributed by atoms with Gasteiger partial charge in [-0.05, 0) is 28.2 Å². The molecule has 0 aromatic carbocycles. The first-order valence-corrected chi connectivity index (χ1v) is 2.92. The van der Waals surface area contributed by atoms with Crippen LogP contribution in [0.1, 0.15) is 0 Å². The van der Waals surface area contributed by atoms with E-state index in [9.17, 15) is 0 Å². The van der Waals surface area contributed by atoms with Gasteiger partial charge in [0.1, 0.15) is 0 Å². The Kier molecular flexibility index (Phi) is 27.1. The Morgan fingerprint density at radius 1 is 0.727 bits per heavy atom. The van der Waals surface area contributed by atoms with E-state index in [1.807, 2.05) is 0 Å². The number of likely N-dealkylation sites (N-methyl/N-ethyl adjacent to an activating group) is 2. The number of nitrogens with zero attached hydrogens (tertiary/aromatic N) is 2. The number of hydrogen-bond donors (Lipinski definition) is 0. The van der Waals surface area contributed by atoms with Crippen molar-refractivity contribution < 1.29 is 21.1 Å². The van der Waals surface area contributed by atoms with Crippen molar-refractivity contribution in [2.24, 2.45) is 0 Å². The van der Waals surface area contributed by atoms with E-state index in [1.54, 1.807) is 0 Å². The molecule has 0 saturated carbocycles. The maximum absolute atomic E-state index is 2.18. The molecule has 0 amide bonds. The molecular formula is C8H22N2Pt. The smallest absolute Gasteiger partial charge is 0.358 e. The molecule has 0 radical (unpaired) electrons. The Morgan fingerprint density at radius 3 is 1.00 bits per heavy atom. The van der Waals surface area contributed by atoms with Crippen LogP contribution in [0.2, 0.25) is 0 Å². The van der Waals surface area contributed by atoms with E-state index in [0.717, 1.165) is 13.1 Å². The van der Waals surface area contributed by atoms with Gasteiger partial charge in [0.25, 0.3) is 0 Å². The average molecular weight is 341 g/mol. The first-order chi connectivity index (χ1) is 3.63. The van der Waals surface area contributed by atoms with Gasteiger partial charge in [0.15, 0.2) is 0 Å². The molecule has 0 aliphatic rings. The first kappa shape index (κ1) is 22.6. The predicted octanol–water partition coefficient (Wildman–Crippen LogP) is 1.01. The molecule has 0 aliphatic carbocycles. The fraction of sp³-hybridized carbons (Fsp3) is 0.750. The fourth-order valence-electron chi connectivity index (χ4n) is 0.400. The van der Waals surface area contributed by atoms with Gasteiger partial charge in [-0.1, -0.05) is 0 Å². The van der Waals surface area contributed by atoms with Gasteiger partial charge in [-0.15, -0.1) is 0 Å². The molecule has 0 unspecified atom stereocenters. The zero-order valence-corrected chi connectivity index (χ0v) is 10.9. The summed E-state index contributed by atoms with van der Waals surface area (Å²) in [5, 5.41) is 0. The second-order valence-electron chi connectivity index (χ2n) is 2.61. The summed E-state index contributed by atoms with van der Waals surface area (Å²) in [6.45, 7) is 2.29. The average Bonchev–Trinajstić information content (AvgIpc) is 1.61. The van der Waals surface area contributed by atoms with Crippen molar-refractivity contribution in [3.63, 3.8) is 0 Å². The molecule has 0 saturated heterocycles. The fourth-order valence-corrected chi connectivity index (χ4v) is 0.400. The van der Waals surface area contributed by atoms with Crippen LogP contribution in [0, 0.1) is 14.9 Å². The largest absolute Gasteiger partial charge is 2.00 e. The minimum atomic E-state index is 0. The first-order valence-electron chi connectivity index (χ1n) is 2.92. The number of rotatable bonds is 3. The van der Waals surface area contributed by atoms with E-state index in [4.69, 9.17) is 0 Å². The zero-order valence-electron chi connectivity index (χ0n) is 8.62. The Bertz CT molecular complexity index is 48.1. The summed E-state index contributed by atoms with van der Waals surface area (Å²) in [7, 11) is 8.35. The van der Waals surface area contributed by atoms with Crippen molar-refractivity contribution in [2.45, 2.75) is 0 Å². The number of hydrogen-bond acceptors (Lipinski definition) is 2. The standard InChI is InChI=1S/C6H16N2.2CH3.Pt/c1-7(2)5-6-8(3)4;;;/h5-6H2,1-4H3;2*1H3;/q;2*-1;+2. The van der Waals surface area contributed by atoms with Gasteiger partial charge in [-0.2, -0.15) is 0 Å². The van der Waals surface area contributed by atoms with Gasteiger partial charge in [0.05, 0.1) is 0 Å². The van der Waals surface area contributed by atoms with Crippen LogP contribution in [0.15, 0.2) is 0 Å². The molecule has 0 aromatic heterocycles. The van der Waals surface area contributed by atoms with Crippen molar-refractivity contribution in [3.8, 4) is 0 Å². The van der Waals surface area contributed by atoms with Crippen LogP contribution in [0.25, 0.3) is 0 Å². The van der Waals surface area contributed by atoms with Crippen LogP contribution in [-0.4, -0.2) is 51.1 Å². The van der Waals surface area contributed by atoms with E-state index in [1.165, 1.54) is 0 Å². The molecule has 0 N–H and O–H groups in total. The van der Waals surface area contributed by atoms with Gasteiger partial charge < -0.3 is 24.7 Å². The third-order valence-corrected chi connectivity index (χ3v) is 0.994. The normalized spacial score (nSPS) is 8.18. The molecule has 0 atom stereocenters. The summed E-state index contributed by atoms with van der Waals surface area (Å²) in [5.41, 5.74) is 0. The molecule has 3 heteroatoms. The second kappa shape index (κ2) is 13.2. The molecule has 0 aliphatic heterocycles. The third kappa shape index (κ3) is 25.0. The minimum absolute atomic E-state index is 0. The molecule has 0 rings (SSSR count). The van der Waals surface area contributed by atoms with Gasteiger partial charge in [0, 0.05) is 13.1 Å². The second-order valence-corrected chi connectivity index (χ2v) is 2.61. The van der Waals surface area contributed by atoms with Crippen molar-refractivity contribution in [1.29, 1.82) is 0 Å². The minimum Gasteiger partial charge on any atom is -0.358 e. The molecular weight excluding hydrogens is 319 g/mol. The van der Waals surface area contributed by atoms with E-state index < -0.39 is 0 Å². The van der Waals surface area contributed by atoms with Crippen molar-refractivity contribution in [2.75, 3.05) is 41.3 Å². The maximum atomic E-state index is 2.18. The van der Waals surface area contributed by atoms with Crippen molar-refractivity contribution in [1.82, 2.24) is 9.80 Å². The summed E-state index contributed by atoms with van der Waals surface area (Å²) in [6.07, 6.45) is 0. The van der Waals surface area contributed by atoms with Gasteiger partial charge in [-0.3, -0.25) is 0 Å². The molecule has 74 valence electrons. The molecule has 0 fully saturated rings. The van der Waals surface area contributed by atoms with E-state index in [0.29, 0.717) is 0 Å². The van der Waals surface area contributed by atoms with Gasteiger partial charge in [-0.25, -0.2) is 0 Å². The third-order valence-electron chi connectivity index (χ3n) is 0.994. The van der Waals surface area contributed by atoms with Crippen LogP contribution in [0.3, 0.4) is 0 Å². The Hall–Kier alpha value is 0.608. The van der Waals surface area contributed by atoms with E-state index >= 15 is 0 Å².